The largest absolute Gasteiger partial charge is 0.381 e. The predicted octanol–water partition coefficient (Wildman–Crippen LogP) is 4.04. The molecule has 11 heteroatoms. The van der Waals surface area contributed by atoms with Crippen LogP contribution in [-0.2, 0) is 11.2 Å². The minimum atomic E-state index is -1.42. The number of benzene rings is 2. The first kappa shape index (κ1) is 23.3. The molecule has 2 aromatic heterocycles. The van der Waals surface area contributed by atoms with E-state index < -0.39 is 17.4 Å². The molecule has 0 bridgehead atoms. The molecule has 37 heavy (non-hydrogen) atoms. The molecule has 2 aliphatic heterocycles. The summed E-state index contributed by atoms with van der Waals surface area (Å²) in [6, 6.07) is 15.3. The second kappa shape index (κ2) is 9.41. The second-order valence-electron chi connectivity index (χ2n) is 9.28. The Bertz CT molecular complexity index is 1440. The molecule has 9 nitrogen and oxygen atoms in total. The number of rotatable bonds is 5. The number of ether oxygens (including phenoxy) is 1. The number of halogens is 2. The van der Waals surface area contributed by atoms with E-state index in [0.717, 1.165) is 35.7 Å². The van der Waals surface area contributed by atoms with E-state index in [-0.39, 0.29) is 18.0 Å². The minimum absolute atomic E-state index is 0.0154. The first-order chi connectivity index (χ1) is 18.0. The molecule has 1 unspecified atom stereocenters. The second-order valence-corrected chi connectivity index (χ2v) is 9.28. The van der Waals surface area contributed by atoms with Crippen molar-refractivity contribution in [2.45, 2.75) is 31.1 Å². The SMILES string of the molecule is NC1(Cc2ccc(F)cc2F)N=C(Nc2cc(-c3ccccc3)[nH]n2)c2cnn(C3CCOCC3)c2N1. The van der Waals surface area contributed by atoms with E-state index in [0.29, 0.717) is 30.7 Å². The Morgan fingerprint density at radius 1 is 1.11 bits per heavy atom. The number of hydrogen-bond acceptors (Lipinski definition) is 7. The van der Waals surface area contributed by atoms with Gasteiger partial charge in [0, 0.05) is 31.8 Å². The van der Waals surface area contributed by atoms with E-state index in [1.165, 1.54) is 12.1 Å². The van der Waals surface area contributed by atoms with Gasteiger partial charge in [-0.2, -0.15) is 10.2 Å². The summed E-state index contributed by atoms with van der Waals surface area (Å²) in [5.74, 6) is -1.09. The molecular formula is C26H26F2N8O. The van der Waals surface area contributed by atoms with Gasteiger partial charge in [0.25, 0.3) is 0 Å². The van der Waals surface area contributed by atoms with Crippen molar-refractivity contribution in [3.05, 3.63) is 83.6 Å². The van der Waals surface area contributed by atoms with Crippen molar-refractivity contribution < 1.29 is 13.5 Å². The molecule has 4 aromatic rings. The van der Waals surface area contributed by atoms with Gasteiger partial charge in [0.05, 0.1) is 23.5 Å². The van der Waals surface area contributed by atoms with Gasteiger partial charge in [0.2, 0.25) is 0 Å². The van der Waals surface area contributed by atoms with Crippen LogP contribution in [0.2, 0.25) is 0 Å². The summed E-state index contributed by atoms with van der Waals surface area (Å²) in [6.07, 6.45) is 3.32. The molecule has 190 valence electrons. The smallest absolute Gasteiger partial charge is 0.189 e. The number of anilines is 2. The molecule has 0 saturated carbocycles. The van der Waals surface area contributed by atoms with Crippen LogP contribution in [0.15, 0.2) is 65.8 Å². The molecule has 2 aliphatic rings. The molecule has 6 rings (SSSR count). The molecule has 1 saturated heterocycles. The van der Waals surface area contributed by atoms with Crippen LogP contribution in [0, 0.1) is 11.6 Å². The van der Waals surface area contributed by atoms with Crippen LogP contribution in [0.25, 0.3) is 11.3 Å². The summed E-state index contributed by atoms with van der Waals surface area (Å²) in [5, 5.41) is 18.6. The highest BCUT2D eigenvalue weighted by Gasteiger charge is 2.36. The fourth-order valence-corrected chi connectivity index (χ4v) is 4.77. The lowest BCUT2D eigenvalue weighted by Gasteiger charge is -2.34. The van der Waals surface area contributed by atoms with Crippen LogP contribution >= 0.6 is 0 Å². The summed E-state index contributed by atoms with van der Waals surface area (Å²) in [7, 11) is 0. The zero-order valence-corrected chi connectivity index (χ0v) is 19.9. The number of aromatic amines is 1. The molecule has 0 radical (unpaired) electrons. The average molecular weight is 505 g/mol. The molecule has 4 heterocycles. The van der Waals surface area contributed by atoms with Crippen molar-refractivity contribution in [1.29, 1.82) is 0 Å². The van der Waals surface area contributed by atoms with Gasteiger partial charge in [0.15, 0.2) is 11.6 Å². The van der Waals surface area contributed by atoms with Crippen LogP contribution in [0.5, 0.6) is 0 Å². The molecule has 1 fully saturated rings. The van der Waals surface area contributed by atoms with Gasteiger partial charge in [-0.3, -0.25) is 10.8 Å². The Kier molecular flexibility index (Phi) is 5.93. The summed E-state index contributed by atoms with van der Waals surface area (Å²) >= 11 is 0. The quantitative estimate of drug-likeness (QED) is 0.326. The summed E-state index contributed by atoms with van der Waals surface area (Å²) in [5.41, 5.74) is 9.50. The van der Waals surface area contributed by atoms with Crippen LogP contribution in [0.4, 0.5) is 20.4 Å². The molecule has 5 N–H and O–H groups in total. The van der Waals surface area contributed by atoms with E-state index in [2.05, 4.69) is 25.9 Å². The first-order valence-electron chi connectivity index (χ1n) is 12.1. The minimum Gasteiger partial charge on any atom is -0.381 e. The van der Waals surface area contributed by atoms with Gasteiger partial charge in [-0.15, -0.1) is 0 Å². The van der Waals surface area contributed by atoms with Crippen LogP contribution in [0.1, 0.15) is 30.0 Å². The van der Waals surface area contributed by atoms with E-state index in [1.54, 1.807) is 6.20 Å². The first-order valence-corrected chi connectivity index (χ1v) is 12.1. The molecule has 0 spiro atoms. The Hall–Kier alpha value is -4.09. The van der Waals surface area contributed by atoms with Gasteiger partial charge in [0.1, 0.15) is 23.3 Å². The average Bonchev–Trinajstić information content (AvgIpc) is 3.54. The highest BCUT2D eigenvalue weighted by Crippen LogP contribution is 2.33. The maximum absolute atomic E-state index is 14.6. The fourth-order valence-electron chi connectivity index (χ4n) is 4.77. The molecule has 0 aliphatic carbocycles. The van der Waals surface area contributed by atoms with E-state index >= 15 is 0 Å². The summed E-state index contributed by atoms with van der Waals surface area (Å²) < 4.78 is 35.5. The summed E-state index contributed by atoms with van der Waals surface area (Å²) in [4.78, 5) is 4.73. The Morgan fingerprint density at radius 2 is 1.92 bits per heavy atom. The van der Waals surface area contributed by atoms with Crippen LogP contribution in [-0.4, -0.2) is 44.8 Å². The van der Waals surface area contributed by atoms with Crippen molar-refractivity contribution in [2.24, 2.45) is 10.7 Å². The molecule has 2 aromatic carbocycles. The maximum Gasteiger partial charge on any atom is 0.189 e. The standard InChI is InChI=1S/C26H26F2N8O/c27-18-7-6-17(21(28)12-18)14-26(29)32-24(31-23-13-22(34-35-23)16-4-2-1-3-5-16)20-15-30-36(25(20)33-26)19-8-10-37-11-9-19/h1-7,12-13,15,19,33H,8-11,14,29H2,(H2,31,32,34,35). The number of amidine groups is 1. The number of H-pyrrole nitrogens is 1. The van der Waals surface area contributed by atoms with Crippen LogP contribution in [0.3, 0.4) is 0 Å². The monoisotopic (exact) mass is 504 g/mol. The topological polar surface area (TPSA) is 118 Å². The van der Waals surface area contributed by atoms with Gasteiger partial charge in [-0.1, -0.05) is 36.4 Å². The van der Waals surface area contributed by atoms with Crippen molar-refractivity contribution in [3.63, 3.8) is 0 Å². The van der Waals surface area contributed by atoms with Gasteiger partial charge in [-0.25, -0.2) is 18.5 Å². The lowest BCUT2D eigenvalue weighted by molar-refractivity contribution is 0.0667. The Balaban J connectivity index is 1.36. The maximum atomic E-state index is 14.6. The molecule has 1 atom stereocenters. The lowest BCUT2D eigenvalue weighted by Crippen LogP contribution is -2.52. The summed E-state index contributed by atoms with van der Waals surface area (Å²) in [6.45, 7) is 1.28. The third-order valence-corrected chi connectivity index (χ3v) is 6.62. The van der Waals surface area contributed by atoms with E-state index in [4.69, 9.17) is 15.5 Å². The Labute approximate surface area is 211 Å². The zero-order chi connectivity index (χ0) is 25.4. The van der Waals surface area contributed by atoms with Crippen molar-refractivity contribution in [1.82, 2.24) is 20.0 Å². The number of aromatic nitrogens is 4. The van der Waals surface area contributed by atoms with Crippen molar-refractivity contribution in [3.8, 4) is 11.3 Å². The lowest BCUT2D eigenvalue weighted by atomic mass is 10.0. The van der Waals surface area contributed by atoms with Gasteiger partial charge >= 0.3 is 0 Å². The normalized spacial score (nSPS) is 19.7. The van der Waals surface area contributed by atoms with Gasteiger partial charge in [-0.05, 0) is 30.0 Å². The third-order valence-electron chi connectivity index (χ3n) is 6.62. The highest BCUT2D eigenvalue weighted by atomic mass is 19.1. The number of hydrogen-bond donors (Lipinski definition) is 4. The predicted molar refractivity (Wildman–Crippen MR) is 136 cm³/mol. The van der Waals surface area contributed by atoms with Crippen LogP contribution < -0.4 is 16.4 Å². The fraction of sp³-hybridized carbons (Fsp3) is 0.269. The number of nitrogens with zero attached hydrogens (tertiary/aromatic N) is 4. The number of nitrogens with two attached hydrogens (primary N) is 1. The van der Waals surface area contributed by atoms with E-state index in [1.807, 2.05) is 41.1 Å². The highest BCUT2D eigenvalue weighted by molar-refractivity contribution is 6.12. The molecule has 0 amide bonds. The number of fused-ring (bicyclic) bond motifs is 1. The van der Waals surface area contributed by atoms with E-state index in [9.17, 15) is 8.78 Å². The van der Waals surface area contributed by atoms with Crippen molar-refractivity contribution >= 4 is 17.5 Å². The van der Waals surface area contributed by atoms with Crippen molar-refractivity contribution in [2.75, 3.05) is 23.8 Å². The number of aliphatic imine (C=N–C) groups is 1. The molecular weight excluding hydrogens is 478 g/mol. The van der Waals surface area contributed by atoms with Gasteiger partial charge < -0.3 is 15.4 Å². The Morgan fingerprint density at radius 3 is 2.70 bits per heavy atom. The third kappa shape index (κ3) is 4.70. The zero-order valence-electron chi connectivity index (χ0n) is 19.9. The number of nitrogens with one attached hydrogen (secondary N) is 3.